The molecule has 0 spiro atoms. The maximum Gasteiger partial charge on any atom is 0.266 e. The summed E-state index contributed by atoms with van der Waals surface area (Å²) in [6.07, 6.45) is 2.62. The molecule has 5 nitrogen and oxygen atoms in total. The number of nitrogens with one attached hydrogen (secondary N) is 1. The number of benzene rings is 1. The van der Waals surface area contributed by atoms with Gasteiger partial charge in [-0.1, -0.05) is 39.8 Å². The van der Waals surface area contributed by atoms with E-state index in [1.54, 1.807) is 13.3 Å². The second-order valence-electron chi connectivity index (χ2n) is 7.95. The third kappa shape index (κ3) is 6.27. The number of carbonyl (C=O) groups excluding carboxylic acids is 1. The molecular weight excluding hydrogens is 340 g/mol. The summed E-state index contributed by atoms with van der Waals surface area (Å²) >= 11 is 0. The lowest BCUT2D eigenvalue weighted by molar-refractivity contribution is -0.122. The average Bonchev–Trinajstić information content (AvgIpc) is 2.61. The van der Waals surface area contributed by atoms with E-state index < -0.39 is 6.10 Å². The van der Waals surface area contributed by atoms with Gasteiger partial charge in [-0.25, -0.2) is 4.98 Å². The molecule has 1 heterocycles. The molecule has 5 heteroatoms. The van der Waals surface area contributed by atoms with E-state index in [1.807, 2.05) is 32.0 Å². The van der Waals surface area contributed by atoms with Gasteiger partial charge in [0, 0.05) is 6.20 Å². The van der Waals surface area contributed by atoms with Crippen molar-refractivity contribution < 1.29 is 14.3 Å². The van der Waals surface area contributed by atoms with Crippen LogP contribution in [0.3, 0.4) is 0 Å². The average molecular weight is 370 g/mol. The Kier molecular flexibility index (Phi) is 6.83. The van der Waals surface area contributed by atoms with Gasteiger partial charge in [-0.05, 0) is 54.5 Å². The fourth-order valence-electron chi connectivity index (χ4n) is 2.77. The summed E-state index contributed by atoms with van der Waals surface area (Å²) in [7, 11) is 1.55. The molecule has 0 bridgehead atoms. The summed E-state index contributed by atoms with van der Waals surface area (Å²) in [4.78, 5) is 16.9. The first-order valence-corrected chi connectivity index (χ1v) is 9.29. The molecule has 146 valence electrons. The van der Waals surface area contributed by atoms with Gasteiger partial charge in [-0.2, -0.15) is 0 Å². The van der Waals surface area contributed by atoms with Crippen LogP contribution in [0.15, 0.2) is 36.5 Å². The van der Waals surface area contributed by atoms with Crippen molar-refractivity contribution >= 4 is 11.7 Å². The van der Waals surface area contributed by atoms with Gasteiger partial charge in [0.1, 0.15) is 5.75 Å². The molecule has 1 N–H and O–H groups in total. The highest BCUT2D eigenvalue weighted by Crippen LogP contribution is 2.25. The summed E-state index contributed by atoms with van der Waals surface area (Å²) in [6, 6.07) is 9.77. The Morgan fingerprint density at radius 1 is 1.22 bits per heavy atom. The maximum atomic E-state index is 12.6. The van der Waals surface area contributed by atoms with E-state index >= 15 is 0 Å². The third-order valence-electron chi connectivity index (χ3n) is 4.05. The van der Waals surface area contributed by atoms with E-state index in [2.05, 4.69) is 43.2 Å². The number of aromatic nitrogens is 1. The van der Waals surface area contributed by atoms with Crippen molar-refractivity contribution in [2.75, 3.05) is 12.4 Å². The Balaban J connectivity index is 2.05. The first-order chi connectivity index (χ1) is 12.7. The third-order valence-corrected chi connectivity index (χ3v) is 4.05. The van der Waals surface area contributed by atoms with Gasteiger partial charge >= 0.3 is 0 Å². The number of rotatable bonds is 7. The zero-order valence-electron chi connectivity index (χ0n) is 17.1. The standard InChI is InChI=1S/C22H30N2O3/c1-7-18(21(25)24-20-19(26-6)12-15(2)14-23-20)27-17-10-8-16(9-11-17)13-22(3,4)5/h8-12,14,18H,7,13H2,1-6H3,(H,23,24,25). The summed E-state index contributed by atoms with van der Waals surface area (Å²) < 4.78 is 11.2. The van der Waals surface area contributed by atoms with Crippen molar-refractivity contribution in [2.24, 2.45) is 5.41 Å². The monoisotopic (exact) mass is 370 g/mol. The molecule has 0 aliphatic carbocycles. The summed E-state index contributed by atoms with van der Waals surface area (Å²) in [5, 5.41) is 2.80. The van der Waals surface area contributed by atoms with Gasteiger partial charge in [0.25, 0.3) is 5.91 Å². The minimum absolute atomic E-state index is 0.230. The largest absolute Gasteiger partial charge is 0.493 e. The summed E-state index contributed by atoms with van der Waals surface area (Å²) in [5.74, 6) is 1.37. The number of hydrogen-bond acceptors (Lipinski definition) is 4. The smallest absolute Gasteiger partial charge is 0.266 e. The van der Waals surface area contributed by atoms with Crippen molar-refractivity contribution in [1.29, 1.82) is 0 Å². The van der Waals surface area contributed by atoms with Gasteiger partial charge in [0.2, 0.25) is 0 Å². The molecule has 1 aromatic carbocycles. The Labute approximate surface area is 162 Å². The number of amides is 1. The number of hydrogen-bond donors (Lipinski definition) is 1. The van der Waals surface area contributed by atoms with E-state index in [9.17, 15) is 4.79 Å². The summed E-state index contributed by atoms with van der Waals surface area (Å²) in [5.41, 5.74) is 2.44. The molecule has 0 aliphatic heterocycles. The number of aryl methyl sites for hydroxylation is 1. The van der Waals surface area contributed by atoms with Crippen LogP contribution in [0.25, 0.3) is 0 Å². The highest BCUT2D eigenvalue weighted by atomic mass is 16.5. The Hall–Kier alpha value is -2.56. The van der Waals surface area contributed by atoms with E-state index in [-0.39, 0.29) is 11.3 Å². The fraction of sp³-hybridized carbons (Fsp3) is 0.455. The lowest BCUT2D eigenvalue weighted by Crippen LogP contribution is -2.32. The molecular formula is C22H30N2O3. The maximum absolute atomic E-state index is 12.6. The van der Waals surface area contributed by atoms with Crippen molar-refractivity contribution in [1.82, 2.24) is 4.98 Å². The number of methoxy groups -OCH3 is 1. The number of ether oxygens (including phenoxy) is 2. The predicted octanol–water partition coefficient (Wildman–Crippen LogP) is 4.78. The van der Waals surface area contributed by atoms with Crippen molar-refractivity contribution in [3.8, 4) is 11.5 Å². The molecule has 0 aliphatic rings. The number of anilines is 1. The van der Waals surface area contributed by atoms with Gasteiger partial charge in [0.05, 0.1) is 7.11 Å². The highest BCUT2D eigenvalue weighted by Gasteiger charge is 2.21. The molecule has 2 rings (SSSR count). The quantitative estimate of drug-likeness (QED) is 0.762. The minimum atomic E-state index is -0.605. The van der Waals surface area contributed by atoms with Gasteiger partial charge in [-0.15, -0.1) is 0 Å². The van der Waals surface area contributed by atoms with Crippen LogP contribution >= 0.6 is 0 Å². The van der Waals surface area contributed by atoms with Crippen LogP contribution in [0, 0.1) is 12.3 Å². The van der Waals surface area contributed by atoms with Gasteiger partial charge < -0.3 is 14.8 Å². The van der Waals surface area contributed by atoms with E-state index in [0.29, 0.717) is 23.7 Å². The normalized spacial score (nSPS) is 12.4. The lowest BCUT2D eigenvalue weighted by Gasteiger charge is -2.20. The van der Waals surface area contributed by atoms with Crippen LogP contribution in [0.2, 0.25) is 0 Å². The van der Waals surface area contributed by atoms with Crippen LogP contribution in [0.5, 0.6) is 11.5 Å². The predicted molar refractivity (Wildman–Crippen MR) is 108 cm³/mol. The van der Waals surface area contributed by atoms with Crippen LogP contribution < -0.4 is 14.8 Å². The van der Waals surface area contributed by atoms with Crippen LogP contribution in [-0.4, -0.2) is 24.1 Å². The number of nitrogens with zero attached hydrogens (tertiary/aromatic N) is 1. The summed E-state index contributed by atoms with van der Waals surface area (Å²) in [6.45, 7) is 10.5. The SMILES string of the molecule is CCC(Oc1ccc(CC(C)(C)C)cc1)C(=O)Nc1ncc(C)cc1OC. The first kappa shape index (κ1) is 20.7. The Morgan fingerprint density at radius 3 is 2.44 bits per heavy atom. The lowest BCUT2D eigenvalue weighted by atomic mass is 9.88. The number of pyridine rings is 1. The number of carbonyl (C=O) groups is 1. The molecule has 0 fully saturated rings. The second kappa shape index (κ2) is 8.89. The Bertz CT molecular complexity index is 764. The molecule has 0 saturated carbocycles. The molecule has 2 aromatic rings. The highest BCUT2D eigenvalue weighted by molar-refractivity contribution is 5.94. The zero-order chi connectivity index (χ0) is 20.0. The van der Waals surface area contributed by atoms with Crippen molar-refractivity contribution in [2.45, 2.75) is 53.6 Å². The first-order valence-electron chi connectivity index (χ1n) is 9.29. The second-order valence-corrected chi connectivity index (χ2v) is 7.95. The van der Waals surface area contributed by atoms with Gasteiger partial charge in [0.15, 0.2) is 17.7 Å². The van der Waals surface area contributed by atoms with Crippen LogP contribution in [-0.2, 0) is 11.2 Å². The molecule has 1 unspecified atom stereocenters. The van der Waals surface area contributed by atoms with Crippen LogP contribution in [0.1, 0.15) is 45.2 Å². The zero-order valence-corrected chi connectivity index (χ0v) is 17.1. The fourth-order valence-corrected chi connectivity index (χ4v) is 2.77. The van der Waals surface area contributed by atoms with Crippen molar-refractivity contribution in [3.05, 3.63) is 47.7 Å². The van der Waals surface area contributed by atoms with E-state index in [4.69, 9.17) is 9.47 Å². The molecule has 1 amide bonds. The van der Waals surface area contributed by atoms with E-state index in [0.717, 1.165) is 12.0 Å². The molecule has 0 radical (unpaired) electrons. The van der Waals surface area contributed by atoms with Crippen molar-refractivity contribution in [3.63, 3.8) is 0 Å². The molecule has 0 saturated heterocycles. The minimum Gasteiger partial charge on any atom is -0.493 e. The topological polar surface area (TPSA) is 60.5 Å². The Morgan fingerprint density at radius 2 is 1.89 bits per heavy atom. The van der Waals surface area contributed by atoms with Gasteiger partial charge in [-0.3, -0.25) is 4.79 Å². The molecule has 1 atom stereocenters. The molecule has 1 aromatic heterocycles. The van der Waals surface area contributed by atoms with Crippen LogP contribution in [0.4, 0.5) is 5.82 Å². The van der Waals surface area contributed by atoms with E-state index in [1.165, 1.54) is 5.56 Å². The molecule has 27 heavy (non-hydrogen) atoms.